The van der Waals surface area contributed by atoms with Crippen LogP contribution in [0.25, 0.3) is 10.8 Å². The average molecular weight is 611 g/mol. The molecule has 0 aliphatic carbocycles. The van der Waals surface area contributed by atoms with Gasteiger partial charge >= 0.3 is 0 Å². The van der Waals surface area contributed by atoms with Crippen molar-refractivity contribution in [1.29, 1.82) is 0 Å². The van der Waals surface area contributed by atoms with Gasteiger partial charge in [-0.15, -0.1) is 15.1 Å². The fourth-order valence-electron chi connectivity index (χ4n) is 4.75. The maximum Gasteiger partial charge on any atom is 0.259 e. The van der Waals surface area contributed by atoms with E-state index in [1.165, 1.54) is 33.5 Å². The standard InChI is InChI=1S/C33H27ClN4O6/c1-42-27-14-13-21(30(38-41)19-9-5-4-6-10-19)16-26(27)36-37-31-22-12-8-7-11-20(22)15-23(32(31)39)33(40)35-25-18-28(43-2)24(34)17-29(25)44-3/h4-18,30,39H,1-3H3,(H,35,40). The zero-order chi connectivity index (χ0) is 31.2. The Bertz CT molecular complexity index is 1880. The number of aromatic hydroxyl groups is 1. The smallest absolute Gasteiger partial charge is 0.259 e. The number of amides is 1. The molecule has 0 aliphatic rings. The molecule has 10 nitrogen and oxygen atoms in total. The van der Waals surface area contributed by atoms with E-state index < -0.39 is 17.7 Å². The number of rotatable bonds is 10. The lowest BCUT2D eigenvalue weighted by atomic mass is 9.99. The molecule has 0 radical (unpaired) electrons. The van der Waals surface area contributed by atoms with Gasteiger partial charge in [-0.05, 0) is 34.7 Å². The molecule has 0 fully saturated rings. The number of methoxy groups -OCH3 is 3. The number of fused-ring (bicyclic) bond motifs is 1. The van der Waals surface area contributed by atoms with Crippen molar-refractivity contribution in [3.8, 4) is 23.0 Å². The number of hydrogen-bond donors (Lipinski definition) is 2. The zero-order valence-corrected chi connectivity index (χ0v) is 24.7. The molecule has 2 N–H and O–H groups in total. The Kier molecular flexibility index (Phi) is 9.01. The van der Waals surface area contributed by atoms with E-state index in [4.69, 9.17) is 25.8 Å². The molecule has 1 unspecified atom stereocenters. The quantitative estimate of drug-likeness (QED) is 0.120. The third-order valence-corrected chi connectivity index (χ3v) is 7.25. The molecule has 5 aromatic rings. The molecule has 0 bridgehead atoms. The summed E-state index contributed by atoms with van der Waals surface area (Å²) in [7, 11) is 4.38. The average Bonchev–Trinajstić information content (AvgIpc) is 3.05. The van der Waals surface area contributed by atoms with Crippen molar-refractivity contribution in [2.24, 2.45) is 15.4 Å². The first kappa shape index (κ1) is 30.0. The second kappa shape index (κ2) is 13.2. The van der Waals surface area contributed by atoms with Crippen molar-refractivity contribution >= 4 is 45.3 Å². The molecule has 0 aromatic heterocycles. The number of azo groups is 1. The van der Waals surface area contributed by atoms with Crippen LogP contribution in [0.4, 0.5) is 17.1 Å². The molecule has 0 saturated carbocycles. The summed E-state index contributed by atoms with van der Waals surface area (Å²) in [6.07, 6.45) is 0. The fraction of sp³-hybridized carbons (Fsp3) is 0.121. The lowest BCUT2D eigenvalue weighted by Crippen LogP contribution is -2.13. The van der Waals surface area contributed by atoms with Crippen LogP contribution < -0.4 is 19.5 Å². The summed E-state index contributed by atoms with van der Waals surface area (Å²) in [6, 6.07) is 25.1. The first-order chi connectivity index (χ1) is 21.4. The number of phenolic OH excluding ortho intramolecular Hbond substituents is 1. The summed E-state index contributed by atoms with van der Waals surface area (Å²) in [5.74, 6) is -0.00604. The topological polar surface area (TPSA) is 131 Å². The Morgan fingerprint density at radius 3 is 2.20 bits per heavy atom. The van der Waals surface area contributed by atoms with Gasteiger partial charge in [0.25, 0.3) is 5.91 Å². The number of ether oxygens (including phenoxy) is 3. The lowest BCUT2D eigenvalue weighted by Gasteiger charge is -2.15. The van der Waals surface area contributed by atoms with Crippen molar-refractivity contribution in [3.05, 3.63) is 118 Å². The Hall–Kier alpha value is -5.48. The Labute approximate surface area is 257 Å². The second-order valence-corrected chi connectivity index (χ2v) is 9.94. The van der Waals surface area contributed by atoms with Crippen LogP contribution in [0.5, 0.6) is 23.0 Å². The molecular formula is C33H27ClN4O6. The minimum atomic E-state index is -0.777. The highest BCUT2D eigenvalue weighted by atomic mass is 35.5. The molecule has 11 heteroatoms. The molecule has 0 spiro atoms. The van der Waals surface area contributed by atoms with Crippen molar-refractivity contribution in [1.82, 2.24) is 0 Å². The van der Waals surface area contributed by atoms with Gasteiger partial charge in [-0.3, -0.25) is 4.79 Å². The van der Waals surface area contributed by atoms with Crippen LogP contribution >= 0.6 is 11.6 Å². The van der Waals surface area contributed by atoms with Gasteiger partial charge in [0.2, 0.25) is 0 Å². The molecule has 44 heavy (non-hydrogen) atoms. The van der Waals surface area contributed by atoms with Gasteiger partial charge in [-0.1, -0.05) is 77.4 Å². The predicted molar refractivity (Wildman–Crippen MR) is 169 cm³/mol. The number of hydrogen-bond acceptors (Lipinski definition) is 9. The number of nitroso groups, excluding NO2 is 1. The third kappa shape index (κ3) is 6.02. The van der Waals surface area contributed by atoms with Gasteiger partial charge < -0.3 is 24.6 Å². The van der Waals surface area contributed by atoms with E-state index in [1.54, 1.807) is 48.5 Å². The number of phenols is 1. The number of carbonyl (C=O) groups is 1. The third-order valence-electron chi connectivity index (χ3n) is 6.96. The van der Waals surface area contributed by atoms with E-state index in [0.717, 1.165) is 0 Å². The Balaban J connectivity index is 1.57. The van der Waals surface area contributed by atoms with E-state index in [1.807, 2.05) is 30.3 Å². The fourth-order valence-corrected chi connectivity index (χ4v) is 4.98. The molecular weight excluding hydrogens is 584 g/mol. The maximum absolute atomic E-state index is 13.5. The zero-order valence-electron chi connectivity index (χ0n) is 23.9. The number of anilines is 1. The van der Waals surface area contributed by atoms with Crippen LogP contribution in [0.2, 0.25) is 5.02 Å². The summed E-state index contributed by atoms with van der Waals surface area (Å²) < 4.78 is 16.1. The normalized spacial score (nSPS) is 11.7. The number of nitrogens with one attached hydrogen (secondary N) is 1. The Morgan fingerprint density at radius 2 is 1.50 bits per heavy atom. The van der Waals surface area contributed by atoms with E-state index in [-0.39, 0.29) is 16.9 Å². The number of benzene rings is 5. The van der Waals surface area contributed by atoms with Crippen molar-refractivity contribution in [2.75, 3.05) is 26.6 Å². The molecule has 1 atom stereocenters. The van der Waals surface area contributed by atoms with Crippen molar-refractivity contribution in [3.63, 3.8) is 0 Å². The van der Waals surface area contributed by atoms with Gasteiger partial charge in [0.05, 0.1) is 37.6 Å². The van der Waals surface area contributed by atoms with Crippen LogP contribution in [-0.4, -0.2) is 32.3 Å². The highest BCUT2D eigenvalue weighted by Gasteiger charge is 2.21. The van der Waals surface area contributed by atoms with Gasteiger partial charge in [0, 0.05) is 17.5 Å². The van der Waals surface area contributed by atoms with Crippen LogP contribution in [0.15, 0.2) is 106 Å². The largest absolute Gasteiger partial charge is 0.505 e. The first-order valence-electron chi connectivity index (χ1n) is 13.3. The molecule has 0 heterocycles. The molecule has 0 saturated heterocycles. The molecule has 5 aromatic carbocycles. The summed E-state index contributed by atoms with van der Waals surface area (Å²) in [4.78, 5) is 25.4. The molecule has 222 valence electrons. The van der Waals surface area contributed by atoms with Crippen LogP contribution in [0, 0.1) is 4.91 Å². The summed E-state index contributed by atoms with van der Waals surface area (Å²) in [5.41, 5.74) is 1.89. The first-order valence-corrected chi connectivity index (χ1v) is 13.7. The highest BCUT2D eigenvalue weighted by molar-refractivity contribution is 6.32. The van der Waals surface area contributed by atoms with Crippen LogP contribution in [0.1, 0.15) is 27.5 Å². The minimum Gasteiger partial charge on any atom is -0.505 e. The van der Waals surface area contributed by atoms with E-state index in [2.05, 4.69) is 20.7 Å². The summed E-state index contributed by atoms with van der Waals surface area (Å²) in [6.45, 7) is 0. The van der Waals surface area contributed by atoms with Gasteiger partial charge in [-0.25, -0.2) is 0 Å². The Morgan fingerprint density at radius 1 is 0.795 bits per heavy atom. The molecule has 1 amide bonds. The van der Waals surface area contributed by atoms with Crippen molar-refractivity contribution < 1.29 is 24.1 Å². The van der Waals surface area contributed by atoms with E-state index in [9.17, 15) is 14.8 Å². The highest BCUT2D eigenvalue weighted by Crippen LogP contribution is 2.42. The van der Waals surface area contributed by atoms with E-state index >= 15 is 0 Å². The molecule has 5 rings (SSSR count). The number of halogens is 1. The second-order valence-electron chi connectivity index (χ2n) is 9.53. The summed E-state index contributed by atoms with van der Waals surface area (Å²) >= 11 is 6.21. The van der Waals surface area contributed by atoms with Gasteiger partial charge in [-0.2, -0.15) is 0 Å². The minimum absolute atomic E-state index is 0.0522. The monoisotopic (exact) mass is 610 g/mol. The maximum atomic E-state index is 13.5. The number of nitrogens with zero attached hydrogens (tertiary/aromatic N) is 3. The lowest BCUT2D eigenvalue weighted by molar-refractivity contribution is 0.102. The van der Waals surface area contributed by atoms with E-state index in [0.29, 0.717) is 49.9 Å². The van der Waals surface area contributed by atoms with Gasteiger partial charge in [0.1, 0.15) is 34.7 Å². The van der Waals surface area contributed by atoms with Crippen LogP contribution in [0.3, 0.4) is 0 Å². The van der Waals surface area contributed by atoms with Crippen molar-refractivity contribution in [2.45, 2.75) is 6.04 Å². The van der Waals surface area contributed by atoms with Crippen LogP contribution in [-0.2, 0) is 0 Å². The predicted octanol–water partition coefficient (Wildman–Crippen LogP) is 8.75. The number of carbonyl (C=O) groups excluding carboxylic acids is 1. The molecule has 0 aliphatic heterocycles. The van der Waals surface area contributed by atoms with Gasteiger partial charge in [0.15, 0.2) is 5.75 Å². The summed E-state index contributed by atoms with van der Waals surface area (Å²) in [5, 5.41) is 27.7. The SMILES string of the molecule is COc1cc(NC(=O)c2cc3ccccc3c(N=Nc3cc(C(N=O)c4ccccc4)ccc3OC)c2O)c(OC)cc1Cl.